The van der Waals surface area contributed by atoms with Gasteiger partial charge in [-0.3, -0.25) is 4.79 Å². The van der Waals surface area contributed by atoms with Crippen LogP contribution < -0.4 is 5.32 Å². The van der Waals surface area contributed by atoms with Crippen LogP contribution in [-0.4, -0.2) is 40.9 Å². The average Bonchev–Trinajstić information content (AvgIpc) is 2.94. The maximum absolute atomic E-state index is 12.3. The molecule has 2 heterocycles. The van der Waals surface area contributed by atoms with Crippen molar-refractivity contribution in [3.05, 3.63) is 29.6 Å². The second-order valence-corrected chi connectivity index (χ2v) is 9.72. The summed E-state index contributed by atoms with van der Waals surface area (Å²) in [5, 5.41) is 2.93. The van der Waals surface area contributed by atoms with Crippen LogP contribution >= 0.6 is 0 Å². The van der Waals surface area contributed by atoms with E-state index in [0.717, 1.165) is 16.9 Å². The molecular formula is C17H23N3O3S. The minimum absolute atomic E-state index is 0.0748. The number of aryl methyl sites for hydroxylation is 1. The van der Waals surface area contributed by atoms with Gasteiger partial charge in [-0.15, -0.1) is 0 Å². The molecule has 1 amide bonds. The van der Waals surface area contributed by atoms with E-state index in [1.54, 1.807) is 12.1 Å². The first kappa shape index (κ1) is 17.0. The summed E-state index contributed by atoms with van der Waals surface area (Å²) in [6.45, 7) is 7.67. The lowest BCUT2D eigenvalue weighted by molar-refractivity contribution is 0.0919. The Morgan fingerprint density at radius 3 is 2.62 bits per heavy atom. The second-order valence-electron chi connectivity index (χ2n) is 7.49. The zero-order valence-corrected chi connectivity index (χ0v) is 15.3. The van der Waals surface area contributed by atoms with E-state index >= 15 is 0 Å². The molecule has 2 aromatic rings. The Bertz CT molecular complexity index is 907. The highest BCUT2D eigenvalue weighted by Gasteiger charge is 2.31. The number of aromatic nitrogens is 2. The largest absolute Gasteiger partial charge is 0.347 e. The van der Waals surface area contributed by atoms with Crippen LogP contribution in [0.5, 0.6) is 0 Å². The van der Waals surface area contributed by atoms with Crippen molar-refractivity contribution < 1.29 is 13.2 Å². The summed E-state index contributed by atoms with van der Waals surface area (Å²) in [6, 6.07) is 5.32. The number of nitrogens with one attached hydrogen (secondary N) is 1. The number of rotatable bonds is 2. The van der Waals surface area contributed by atoms with E-state index in [-0.39, 0.29) is 29.0 Å². The van der Waals surface area contributed by atoms with Gasteiger partial charge in [-0.25, -0.2) is 13.4 Å². The summed E-state index contributed by atoms with van der Waals surface area (Å²) < 4.78 is 25.5. The molecule has 1 N–H and O–H groups in total. The van der Waals surface area contributed by atoms with Gasteiger partial charge in [0.25, 0.3) is 5.91 Å². The van der Waals surface area contributed by atoms with Gasteiger partial charge >= 0.3 is 0 Å². The molecule has 0 spiro atoms. The molecule has 1 aromatic carbocycles. The molecule has 24 heavy (non-hydrogen) atoms. The molecule has 1 atom stereocenters. The minimum atomic E-state index is -2.96. The molecule has 0 unspecified atom stereocenters. The first-order chi connectivity index (χ1) is 11.1. The number of imidazole rings is 1. The quantitative estimate of drug-likeness (QED) is 0.901. The summed E-state index contributed by atoms with van der Waals surface area (Å²) in [5.74, 6) is 1.02. The summed E-state index contributed by atoms with van der Waals surface area (Å²) in [7, 11) is -2.96. The van der Waals surface area contributed by atoms with Crippen LogP contribution in [0, 0.1) is 6.92 Å². The van der Waals surface area contributed by atoms with Crippen LogP contribution in [0.25, 0.3) is 11.0 Å². The molecule has 1 aliphatic heterocycles. The number of hydrogen-bond donors (Lipinski definition) is 1. The molecule has 7 heteroatoms. The minimum Gasteiger partial charge on any atom is -0.347 e. The second kappa shape index (κ2) is 5.58. The van der Waals surface area contributed by atoms with Crippen molar-refractivity contribution in [1.29, 1.82) is 0 Å². The Kier molecular flexibility index (Phi) is 3.94. The Labute approximate surface area is 142 Å². The predicted molar refractivity (Wildman–Crippen MR) is 94.0 cm³/mol. The first-order valence-electron chi connectivity index (χ1n) is 8.07. The third-order valence-corrected chi connectivity index (χ3v) is 5.94. The lowest BCUT2D eigenvalue weighted by Gasteiger charge is -2.20. The number of amides is 1. The third kappa shape index (κ3) is 3.31. The molecule has 3 rings (SSSR count). The highest BCUT2D eigenvalue weighted by molar-refractivity contribution is 7.91. The smallest absolute Gasteiger partial charge is 0.251 e. The van der Waals surface area contributed by atoms with Gasteiger partial charge in [0, 0.05) is 11.1 Å². The Morgan fingerprint density at radius 1 is 1.33 bits per heavy atom. The molecular weight excluding hydrogens is 326 g/mol. The van der Waals surface area contributed by atoms with Crippen LogP contribution in [0.3, 0.4) is 0 Å². The van der Waals surface area contributed by atoms with Crippen LogP contribution in [-0.2, 0) is 9.84 Å². The van der Waals surface area contributed by atoms with E-state index in [0.29, 0.717) is 12.0 Å². The van der Waals surface area contributed by atoms with Crippen LogP contribution in [0.4, 0.5) is 0 Å². The molecule has 0 bridgehead atoms. The van der Waals surface area contributed by atoms with Gasteiger partial charge in [0.05, 0.1) is 28.6 Å². The molecule has 1 aliphatic rings. The van der Waals surface area contributed by atoms with E-state index in [1.807, 2.05) is 38.3 Å². The van der Waals surface area contributed by atoms with E-state index in [2.05, 4.69) is 10.3 Å². The average molecular weight is 349 g/mol. The van der Waals surface area contributed by atoms with Crippen molar-refractivity contribution in [2.45, 2.75) is 45.7 Å². The van der Waals surface area contributed by atoms with Crippen molar-refractivity contribution in [2.75, 3.05) is 11.5 Å². The van der Waals surface area contributed by atoms with Gasteiger partial charge in [-0.05, 0) is 52.3 Å². The van der Waals surface area contributed by atoms with Crippen molar-refractivity contribution in [3.63, 3.8) is 0 Å². The molecule has 0 radical (unpaired) electrons. The van der Waals surface area contributed by atoms with E-state index in [4.69, 9.17) is 0 Å². The number of carbonyl (C=O) groups is 1. The topological polar surface area (TPSA) is 81.1 Å². The third-order valence-electron chi connectivity index (χ3n) is 4.19. The van der Waals surface area contributed by atoms with E-state index < -0.39 is 9.84 Å². The van der Waals surface area contributed by atoms with E-state index in [9.17, 15) is 13.2 Å². The number of nitrogens with zero attached hydrogens (tertiary/aromatic N) is 2. The van der Waals surface area contributed by atoms with Crippen molar-refractivity contribution in [3.8, 4) is 0 Å². The normalized spacial score (nSPS) is 20.4. The lowest BCUT2D eigenvalue weighted by atomic mass is 10.1. The van der Waals surface area contributed by atoms with Gasteiger partial charge in [-0.2, -0.15) is 0 Å². The standard InChI is InChI=1S/C17H23N3O3S/c1-11-18-14-9-12(16(21)19-17(2,3)4)5-6-15(14)20(11)13-7-8-24(22,23)10-13/h5-6,9,13H,7-8,10H2,1-4H3,(H,19,21)/t13-/m1/s1. The molecule has 130 valence electrons. The van der Waals surface area contributed by atoms with Crippen LogP contribution in [0.2, 0.25) is 0 Å². The highest BCUT2D eigenvalue weighted by atomic mass is 32.2. The van der Waals surface area contributed by atoms with Gasteiger partial charge in [0.1, 0.15) is 5.82 Å². The molecule has 1 fully saturated rings. The maximum atomic E-state index is 12.3. The van der Waals surface area contributed by atoms with Gasteiger partial charge in [0.15, 0.2) is 9.84 Å². The number of sulfone groups is 1. The van der Waals surface area contributed by atoms with Crippen molar-refractivity contribution in [1.82, 2.24) is 14.9 Å². The Balaban J connectivity index is 1.97. The number of hydrogen-bond acceptors (Lipinski definition) is 4. The fourth-order valence-corrected chi connectivity index (χ4v) is 4.91. The molecule has 6 nitrogen and oxygen atoms in total. The number of benzene rings is 1. The Morgan fingerprint density at radius 2 is 2.04 bits per heavy atom. The fraction of sp³-hybridized carbons (Fsp3) is 0.529. The molecule has 0 saturated carbocycles. The fourth-order valence-electron chi connectivity index (χ4n) is 3.21. The summed E-state index contributed by atoms with van der Waals surface area (Å²) in [4.78, 5) is 16.8. The van der Waals surface area contributed by atoms with Crippen molar-refractivity contribution >= 4 is 26.8 Å². The highest BCUT2D eigenvalue weighted by Crippen LogP contribution is 2.29. The SMILES string of the molecule is Cc1nc2cc(C(=O)NC(C)(C)C)ccc2n1[C@@H]1CCS(=O)(=O)C1. The predicted octanol–water partition coefficient (Wildman–Crippen LogP) is 2.23. The van der Waals surface area contributed by atoms with Gasteiger partial charge in [0.2, 0.25) is 0 Å². The monoisotopic (exact) mass is 349 g/mol. The van der Waals surface area contributed by atoms with Gasteiger partial charge < -0.3 is 9.88 Å². The zero-order valence-electron chi connectivity index (χ0n) is 14.5. The van der Waals surface area contributed by atoms with Crippen molar-refractivity contribution in [2.24, 2.45) is 0 Å². The first-order valence-corrected chi connectivity index (χ1v) is 9.89. The van der Waals surface area contributed by atoms with Gasteiger partial charge in [-0.1, -0.05) is 0 Å². The number of fused-ring (bicyclic) bond motifs is 1. The van der Waals surface area contributed by atoms with Crippen LogP contribution in [0.1, 0.15) is 49.4 Å². The molecule has 1 saturated heterocycles. The zero-order chi connectivity index (χ0) is 17.7. The Hall–Kier alpha value is -1.89. The molecule has 1 aromatic heterocycles. The molecule has 0 aliphatic carbocycles. The van der Waals surface area contributed by atoms with Crippen LogP contribution in [0.15, 0.2) is 18.2 Å². The lowest BCUT2D eigenvalue weighted by Crippen LogP contribution is -2.40. The summed E-state index contributed by atoms with van der Waals surface area (Å²) in [6.07, 6.45) is 0.612. The summed E-state index contributed by atoms with van der Waals surface area (Å²) in [5.41, 5.74) is 1.85. The number of carbonyl (C=O) groups excluding carboxylic acids is 1. The maximum Gasteiger partial charge on any atom is 0.251 e. The van der Waals surface area contributed by atoms with E-state index in [1.165, 1.54) is 0 Å². The summed E-state index contributed by atoms with van der Waals surface area (Å²) >= 11 is 0.